The van der Waals surface area contributed by atoms with Crippen LogP contribution in [0.2, 0.25) is 5.02 Å². The Morgan fingerprint density at radius 2 is 2.16 bits per heavy atom. The predicted octanol–water partition coefficient (Wildman–Crippen LogP) is 2.93. The van der Waals surface area contributed by atoms with Crippen LogP contribution in [0.4, 0.5) is 5.13 Å². The summed E-state index contributed by atoms with van der Waals surface area (Å²) in [6.07, 6.45) is 2.22. The second kappa shape index (κ2) is 7.71. The van der Waals surface area contributed by atoms with Gasteiger partial charge in [-0.05, 0) is 17.7 Å². The van der Waals surface area contributed by atoms with Gasteiger partial charge in [0.2, 0.25) is 5.91 Å². The Labute approximate surface area is 152 Å². The van der Waals surface area contributed by atoms with E-state index in [1.165, 1.54) is 13.3 Å². The number of thiazole rings is 1. The summed E-state index contributed by atoms with van der Waals surface area (Å²) in [4.78, 5) is 27.9. The Morgan fingerprint density at radius 3 is 2.96 bits per heavy atom. The number of hydrogen-bond acceptors (Lipinski definition) is 7. The van der Waals surface area contributed by atoms with Gasteiger partial charge in [0, 0.05) is 6.42 Å². The Balaban J connectivity index is 1.69. The maximum absolute atomic E-state index is 12.2. The largest absolute Gasteiger partial charge is 0.489 e. The zero-order chi connectivity index (χ0) is 17.8. The Bertz CT molecular complexity index is 808. The van der Waals surface area contributed by atoms with Crippen molar-refractivity contribution in [3.05, 3.63) is 33.8 Å². The van der Waals surface area contributed by atoms with Crippen LogP contribution < -0.4 is 14.8 Å². The number of esters is 1. The number of methoxy groups -OCH3 is 1. The molecule has 1 aliphatic heterocycles. The van der Waals surface area contributed by atoms with E-state index in [0.29, 0.717) is 45.3 Å². The summed E-state index contributed by atoms with van der Waals surface area (Å²) in [5.41, 5.74) is 0.691. The zero-order valence-electron chi connectivity index (χ0n) is 13.3. The van der Waals surface area contributed by atoms with Crippen molar-refractivity contribution in [3.8, 4) is 11.5 Å². The van der Waals surface area contributed by atoms with Crippen molar-refractivity contribution in [2.75, 3.05) is 25.6 Å². The normalized spacial score (nSPS) is 13.0. The van der Waals surface area contributed by atoms with E-state index in [0.717, 1.165) is 17.8 Å². The lowest BCUT2D eigenvalue weighted by molar-refractivity contribution is -0.115. The molecule has 2 heterocycles. The van der Waals surface area contributed by atoms with Crippen LogP contribution in [0.1, 0.15) is 21.7 Å². The van der Waals surface area contributed by atoms with Crippen LogP contribution in [0, 0.1) is 0 Å². The third kappa shape index (κ3) is 4.21. The Hall–Kier alpha value is -2.32. The number of halogens is 1. The third-order valence-corrected chi connectivity index (χ3v) is 4.54. The second-order valence-electron chi connectivity index (χ2n) is 5.20. The standard InChI is InChI=1S/C16H15ClN2O5S/c1-22-15(21)12-8-18-16(25-12)19-13(20)7-9-5-10(17)14-11(6-9)23-3-2-4-24-14/h5-6,8H,2-4,7H2,1H3,(H,18,19,20). The van der Waals surface area contributed by atoms with Crippen LogP contribution in [-0.4, -0.2) is 37.2 Å². The van der Waals surface area contributed by atoms with Crippen molar-refractivity contribution in [1.29, 1.82) is 0 Å². The molecule has 0 atom stereocenters. The summed E-state index contributed by atoms with van der Waals surface area (Å²) in [5.74, 6) is 0.269. The fraction of sp³-hybridized carbons (Fsp3) is 0.312. The fourth-order valence-corrected chi connectivity index (χ4v) is 3.30. The molecule has 0 saturated carbocycles. The van der Waals surface area contributed by atoms with Gasteiger partial charge in [-0.2, -0.15) is 0 Å². The minimum Gasteiger partial charge on any atom is -0.489 e. The zero-order valence-corrected chi connectivity index (χ0v) is 14.9. The number of fused-ring (bicyclic) bond motifs is 1. The molecule has 25 heavy (non-hydrogen) atoms. The lowest BCUT2D eigenvalue weighted by Gasteiger charge is -2.11. The highest BCUT2D eigenvalue weighted by Gasteiger charge is 2.18. The molecule has 0 radical (unpaired) electrons. The van der Waals surface area contributed by atoms with E-state index in [4.69, 9.17) is 21.1 Å². The molecule has 0 bridgehead atoms. The minimum atomic E-state index is -0.493. The van der Waals surface area contributed by atoms with Crippen molar-refractivity contribution in [3.63, 3.8) is 0 Å². The lowest BCUT2D eigenvalue weighted by atomic mass is 10.1. The number of aromatic nitrogens is 1. The molecule has 0 fully saturated rings. The first-order chi connectivity index (χ1) is 12.1. The molecule has 3 rings (SSSR count). The highest BCUT2D eigenvalue weighted by atomic mass is 35.5. The number of amides is 1. The second-order valence-corrected chi connectivity index (χ2v) is 6.64. The van der Waals surface area contributed by atoms with Gasteiger partial charge in [-0.3, -0.25) is 4.79 Å². The van der Waals surface area contributed by atoms with Crippen molar-refractivity contribution >= 4 is 39.9 Å². The number of nitrogens with one attached hydrogen (secondary N) is 1. The van der Waals surface area contributed by atoms with Gasteiger partial charge in [0.15, 0.2) is 16.6 Å². The summed E-state index contributed by atoms with van der Waals surface area (Å²) >= 11 is 7.26. The molecule has 1 aromatic heterocycles. The number of carbonyl (C=O) groups excluding carboxylic acids is 2. The molecule has 0 aliphatic carbocycles. The average Bonchev–Trinajstić information content (AvgIpc) is 2.90. The summed E-state index contributed by atoms with van der Waals surface area (Å²) in [5, 5.41) is 3.38. The number of carbonyl (C=O) groups is 2. The molecular formula is C16H15ClN2O5S. The van der Waals surface area contributed by atoms with Gasteiger partial charge in [-0.1, -0.05) is 22.9 Å². The molecule has 2 aromatic rings. The SMILES string of the molecule is COC(=O)c1cnc(NC(=O)Cc2cc(Cl)c3c(c2)OCCCO3)s1. The average molecular weight is 383 g/mol. The third-order valence-electron chi connectivity index (χ3n) is 3.37. The quantitative estimate of drug-likeness (QED) is 0.818. The highest BCUT2D eigenvalue weighted by Crippen LogP contribution is 2.38. The molecule has 1 aromatic carbocycles. The van der Waals surface area contributed by atoms with E-state index in [1.54, 1.807) is 12.1 Å². The molecule has 0 saturated heterocycles. The monoisotopic (exact) mass is 382 g/mol. The topological polar surface area (TPSA) is 86.8 Å². The summed E-state index contributed by atoms with van der Waals surface area (Å²) < 4.78 is 15.8. The molecular weight excluding hydrogens is 368 g/mol. The van der Waals surface area contributed by atoms with Crippen LogP contribution in [0.15, 0.2) is 18.3 Å². The van der Waals surface area contributed by atoms with Crippen LogP contribution in [-0.2, 0) is 16.0 Å². The number of nitrogens with zero attached hydrogens (tertiary/aromatic N) is 1. The van der Waals surface area contributed by atoms with Gasteiger partial charge in [0.05, 0.1) is 38.0 Å². The molecule has 1 aliphatic rings. The Kier molecular flexibility index (Phi) is 5.40. The maximum atomic E-state index is 12.2. The van der Waals surface area contributed by atoms with Crippen molar-refractivity contribution in [2.45, 2.75) is 12.8 Å². The predicted molar refractivity (Wildman–Crippen MR) is 92.8 cm³/mol. The number of ether oxygens (including phenoxy) is 3. The van der Waals surface area contributed by atoms with E-state index < -0.39 is 5.97 Å². The lowest BCUT2D eigenvalue weighted by Crippen LogP contribution is -2.14. The van der Waals surface area contributed by atoms with Gasteiger partial charge in [-0.15, -0.1) is 0 Å². The number of benzene rings is 1. The van der Waals surface area contributed by atoms with E-state index in [-0.39, 0.29) is 12.3 Å². The highest BCUT2D eigenvalue weighted by molar-refractivity contribution is 7.17. The molecule has 0 spiro atoms. The van der Waals surface area contributed by atoms with E-state index >= 15 is 0 Å². The molecule has 7 nitrogen and oxygen atoms in total. The maximum Gasteiger partial charge on any atom is 0.349 e. The summed E-state index contributed by atoms with van der Waals surface area (Å²) in [6.45, 7) is 1.08. The fourth-order valence-electron chi connectivity index (χ4n) is 2.26. The van der Waals surface area contributed by atoms with Gasteiger partial charge in [-0.25, -0.2) is 9.78 Å². The van der Waals surface area contributed by atoms with Crippen LogP contribution in [0.3, 0.4) is 0 Å². The van der Waals surface area contributed by atoms with Crippen molar-refractivity contribution in [1.82, 2.24) is 4.98 Å². The van der Waals surface area contributed by atoms with Crippen LogP contribution in [0.5, 0.6) is 11.5 Å². The van der Waals surface area contributed by atoms with Gasteiger partial charge >= 0.3 is 5.97 Å². The van der Waals surface area contributed by atoms with Gasteiger partial charge in [0.25, 0.3) is 0 Å². The van der Waals surface area contributed by atoms with Crippen molar-refractivity contribution in [2.24, 2.45) is 0 Å². The Morgan fingerprint density at radius 1 is 1.36 bits per heavy atom. The summed E-state index contributed by atoms with van der Waals surface area (Å²) in [7, 11) is 1.29. The number of hydrogen-bond donors (Lipinski definition) is 1. The first kappa shape index (κ1) is 17.5. The molecule has 1 amide bonds. The smallest absolute Gasteiger partial charge is 0.349 e. The van der Waals surface area contributed by atoms with E-state index in [9.17, 15) is 9.59 Å². The minimum absolute atomic E-state index is 0.0868. The molecule has 1 N–H and O–H groups in total. The molecule has 132 valence electrons. The van der Waals surface area contributed by atoms with Gasteiger partial charge < -0.3 is 19.5 Å². The number of anilines is 1. The van der Waals surface area contributed by atoms with E-state index in [2.05, 4.69) is 15.0 Å². The number of rotatable bonds is 4. The molecule has 0 unspecified atom stereocenters. The summed E-state index contributed by atoms with van der Waals surface area (Å²) in [6, 6.07) is 3.42. The van der Waals surface area contributed by atoms with E-state index in [1.807, 2.05) is 0 Å². The van der Waals surface area contributed by atoms with Gasteiger partial charge in [0.1, 0.15) is 4.88 Å². The first-order valence-electron chi connectivity index (χ1n) is 7.49. The van der Waals surface area contributed by atoms with Crippen molar-refractivity contribution < 1.29 is 23.8 Å². The molecule has 9 heteroatoms. The van der Waals surface area contributed by atoms with Crippen LogP contribution in [0.25, 0.3) is 0 Å². The van der Waals surface area contributed by atoms with Crippen LogP contribution >= 0.6 is 22.9 Å². The first-order valence-corrected chi connectivity index (χ1v) is 8.68.